The normalized spacial score (nSPS) is 24.8. The van der Waals surface area contributed by atoms with Gasteiger partial charge >= 0.3 is 0 Å². The number of hydrogen-bond donors (Lipinski definition) is 1. The summed E-state index contributed by atoms with van der Waals surface area (Å²) in [5, 5.41) is 0. The van der Waals surface area contributed by atoms with Crippen molar-refractivity contribution in [3.8, 4) is 0 Å². The van der Waals surface area contributed by atoms with Crippen LogP contribution in [-0.4, -0.2) is 43.7 Å². The Kier molecular flexibility index (Phi) is 4.48. The molecule has 0 saturated carbocycles. The van der Waals surface area contributed by atoms with E-state index >= 15 is 0 Å². The first kappa shape index (κ1) is 14.4. The molecule has 1 aromatic carbocycles. The largest absolute Gasteiger partial charge is 0.366 e. The minimum Gasteiger partial charge on any atom is -0.366 e. The lowest BCUT2D eigenvalue weighted by Crippen LogP contribution is -2.56. The summed E-state index contributed by atoms with van der Waals surface area (Å²) in [5.41, 5.74) is 9.83. The first-order valence-electron chi connectivity index (χ1n) is 7.26. The van der Waals surface area contributed by atoms with Gasteiger partial charge in [0.25, 0.3) is 0 Å². The molecule has 3 heteroatoms. The fraction of sp³-hybridized carbons (Fsp3) is 0.625. The number of benzene rings is 1. The molecular weight excluding hydrogens is 234 g/mol. The van der Waals surface area contributed by atoms with Crippen LogP contribution in [0.1, 0.15) is 24.5 Å². The molecule has 2 unspecified atom stereocenters. The number of piperazine rings is 1. The Balaban J connectivity index is 2.27. The van der Waals surface area contributed by atoms with Gasteiger partial charge < -0.3 is 10.6 Å². The molecule has 1 fully saturated rings. The van der Waals surface area contributed by atoms with E-state index in [1.165, 1.54) is 16.8 Å². The van der Waals surface area contributed by atoms with Crippen molar-refractivity contribution < 1.29 is 0 Å². The summed E-state index contributed by atoms with van der Waals surface area (Å²) in [5.74, 6) is 0. The van der Waals surface area contributed by atoms with Gasteiger partial charge in [0.2, 0.25) is 0 Å². The van der Waals surface area contributed by atoms with E-state index in [9.17, 15) is 0 Å². The number of aryl methyl sites for hydroxylation is 2. The molecule has 106 valence electrons. The third kappa shape index (κ3) is 3.28. The highest BCUT2D eigenvalue weighted by Gasteiger charge is 2.29. The lowest BCUT2D eigenvalue weighted by molar-refractivity contribution is 0.196. The van der Waals surface area contributed by atoms with Crippen LogP contribution in [-0.2, 0) is 0 Å². The summed E-state index contributed by atoms with van der Waals surface area (Å²) in [6, 6.07) is 7.96. The van der Waals surface area contributed by atoms with Crippen molar-refractivity contribution in [2.75, 3.05) is 31.6 Å². The van der Waals surface area contributed by atoms with Gasteiger partial charge in [0.05, 0.1) is 0 Å². The zero-order chi connectivity index (χ0) is 14.0. The third-order valence-corrected chi connectivity index (χ3v) is 4.19. The minimum absolute atomic E-state index is 0.535. The van der Waals surface area contributed by atoms with Gasteiger partial charge in [-0.15, -0.1) is 0 Å². The van der Waals surface area contributed by atoms with Crippen molar-refractivity contribution in [1.82, 2.24) is 4.90 Å². The van der Waals surface area contributed by atoms with Crippen molar-refractivity contribution >= 4 is 5.69 Å². The van der Waals surface area contributed by atoms with E-state index in [1.807, 2.05) is 0 Å². The highest BCUT2D eigenvalue weighted by atomic mass is 15.3. The molecule has 0 amide bonds. The monoisotopic (exact) mass is 261 g/mol. The Hall–Kier alpha value is -1.06. The number of nitrogens with two attached hydrogens (primary N) is 1. The van der Waals surface area contributed by atoms with Crippen LogP contribution in [0.5, 0.6) is 0 Å². The summed E-state index contributed by atoms with van der Waals surface area (Å²) in [4.78, 5) is 5.00. The van der Waals surface area contributed by atoms with Crippen molar-refractivity contribution in [2.45, 2.75) is 39.3 Å². The van der Waals surface area contributed by atoms with Gasteiger partial charge in [-0.3, -0.25) is 4.90 Å². The van der Waals surface area contributed by atoms with Crippen LogP contribution in [0.4, 0.5) is 5.69 Å². The highest BCUT2D eigenvalue weighted by molar-refractivity contribution is 5.52. The maximum absolute atomic E-state index is 5.79. The van der Waals surface area contributed by atoms with Crippen LogP contribution >= 0.6 is 0 Å². The average molecular weight is 261 g/mol. The topological polar surface area (TPSA) is 32.5 Å². The van der Waals surface area contributed by atoms with Crippen LogP contribution in [0.25, 0.3) is 0 Å². The molecule has 1 heterocycles. The molecule has 19 heavy (non-hydrogen) atoms. The number of likely N-dealkylation sites (N-methyl/N-ethyl adjacent to an activating group) is 1. The van der Waals surface area contributed by atoms with E-state index in [0.717, 1.165) is 26.1 Å². The van der Waals surface area contributed by atoms with Crippen LogP contribution in [0, 0.1) is 13.8 Å². The Labute approximate surface area is 117 Å². The second kappa shape index (κ2) is 5.93. The van der Waals surface area contributed by atoms with Gasteiger partial charge in [-0.05, 0) is 64.0 Å². The molecule has 0 aliphatic carbocycles. The van der Waals surface area contributed by atoms with Crippen molar-refractivity contribution in [3.63, 3.8) is 0 Å². The summed E-state index contributed by atoms with van der Waals surface area (Å²) in [7, 11) is 2.22. The van der Waals surface area contributed by atoms with Gasteiger partial charge in [-0.2, -0.15) is 0 Å². The van der Waals surface area contributed by atoms with Crippen LogP contribution in [0.15, 0.2) is 18.2 Å². The fourth-order valence-electron chi connectivity index (χ4n) is 3.06. The first-order chi connectivity index (χ1) is 9.01. The molecule has 1 saturated heterocycles. The van der Waals surface area contributed by atoms with E-state index in [-0.39, 0.29) is 0 Å². The molecule has 2 rings (SSSR count). The predicted octanol–water partition coefficient (Wildman–Crippen LogP) is 2.16. The number of anilines is 1. The molecule has 1 aliphatic heterocycles. The second-order valence-electron chi connectivity index (χ2n) is 6.02. The van der Waals surface area contributed by atoms with E-state index in [4.69, 9.17) is 5.73 Å². The van der Waals surface area contributed by atoms with E-state index < -0.39 is 0 Å². The quantitative estimate of drug-likeness (QED) is 0.905. The van der Waals surface area contributed by atoms with Gasteiger partial charge in [-0.25, -0.2) is 0 Å². The molecule has 0 aromatic heterocycles. The standard InChI is InChI=1S/C16H27N3/c1-12-7-13(2)9-16(8-12)19-10-14(3)18(4)11-15(19)5-6-17/h7-9,14-15H,5-6,10-11,17H2,1-4H3. The Morgan fingerprint density at radius 1 is 1.16 bits per heavy atom. The average Bonchev–Trinajstić information content (AvgIpc) is 2.32. The van der Waals surface area contributed by atoms with Crippen LogP contribution in [0.3, 0.4) is 0 Å². The Morgan fingerprint density at radius 2 is 1.79 bits per heavy atom. The van der Waals surface area contributed by atoms with E-state index in [2.05, 4.69) is 55.8 Å². The third-order valence-electron chi connectivity index (χ3n) is 4.19. The van der Waals surface area contributed by atoms with E-state index in [1.54, 1.807) is 0 Å². The molecule has 1 aromatic rings. The van der Waals surface area contributed by atoms with Gasteiger partial charge in [0, 0.05) is 30.9 Å². The SMILES string of the molecule is Cc1cc(C)cc(N2CC(C)N(C)CC2CCN)c1. The molecule has 0 bridgehead atoms. The summed E-state index contributed by atoms with van der Waals surface area (Å²) in [6.07, 6.45) is 1.06. The molecule has 1 aliphatic rings. The van der Waals surface area contributed by atoms with Gasteiger partial charge in [0.1, 0.15) is 0 Å². The van der Waals surface area contributed by atoms with Gasteiger partial charge in [0.15, 0.2) is 0 Å². The molecular formula is C16H27N3. The molecule has 0 spiro atoms. The number of rotatable bonds is 3. The summed E-state index contributed by atoms with van der Waals surface area (Å²) >= 11 is 0. The highest BCUT2D eigenvalue weighted by Crippen LogP contribution is 2.26. The first-order valence-corrected chi connectivity index (χ1v) is 7.26. The molecule has 3 nitrogen and oxygen atoms in total. The van der Waals surface area contributed by atoms with Crippen molar-refractivity contribution in [2.24, 2.45) is 5.73 Å². The minimum atomic E-state index is 0.535. The maximum atomic E-state index is 5.79. The Bertz CT molecular complexity index is 410. The van der Waals surface area contributed by atoms with Crippen molar-refractivity contribution in [3.05, 3.63) is 29.3 Å². The maximum Gasteiger partial charge on any atom is 0.0429 e. The molecule has 2 atom stereocenters. The zero-order valence-electron chi connectivity index (χ0n) is 12.7. The van der Waals surface area contributed by atoms with Crippen molar-refractivity contribution in [1.29, 1.82) is 0 Å². The smallest absolute Gasteiger partial charge is 0.0429 e. The summed E-state index contributed by atoms with van der Waals surface area (Å²) in [6.45, 7) is 9.60. The molecule has 0 radical (unpaired) electrons. The predicted molar refractivity (Wildman–Crippen MR) is 82.8 cm³/mol. The van der Waals surface area contributed by atoms with Crippen LogP contribution < -0.4 is 10.6 Å². The fourth-order valence-corrected chi connectivity index (χ4v) is 3.06. The zero-order valence-corrected chi connectivity index (χ0v) is 12.7. The Morgan fingerprint density at radius 3 is 2.37 bits per heavy atom. The number of hydrogen-bond acceptors (Lipinski definition) is 3. The van der Waals surface area contributed by atoms with E-state index in [0.29, 0.717) is 12.1 Å². The number of nitrogens with zero attached hydrogens (tertiary/aromatic N) is 2. The lowest BCUT2D eigenvalue weighted by Gasteiger charge is -2.45. The van der Waals surface area contributed by atoms with Gasteiger partial charge in [-0.1, -0.05) is 6.07 Å². The lowest BCUT2D eigenvalue weighted by atomic mass is 10.0. The van der Waals surface area contributed by atoms with Crippen LogP contribution in [0.2, 0.25) is 0 Å². The molecule has 2 N–H and O–H groups in total. The summed E-state index contributed by atoms with van der Waals surface area (Å²) < 4.78 is 0. The second-order valence-corrected chi connectivity index (χ2v) is 6.02.